The molecule has 0 unspecified atom stereocenters. The number of rotatable bonds is 5. The van der Waals surface area contributed by atoms with E-state index >= 15 is 0 Å². The van der Waals surface area contributed by atoms with E-state index in [4.69, 9.17) is 14.0 Å². The summed E-state index contributed by atoms with van der Waals surface area (Å²) < 4.78 is 28.1. The van der Waals surface area contributed by atoms with E-state index in [1.165, 1.54) is 31.4 Å². The summed E-state index contributed by atoms with van der Waals surface area (Å²) in [5, 5.41) is 3.70. The van der Waals surface area contributed by atoms with E-state index in [0.717, 1.165) is 0 Å². The number of esters is 1. The van der Waals surface area contributed by atoms with Crippen molar-refractivity contribution in [2.45, 2.75) is 13.5 Å². The molecular formula is C15H14FNO4. The lowest BCUT2D eigenvalue weighted by Crippen LogP contribution is -2.00. The molecule has 0 amide bonds. The molecule has 1 heterocycles. The summed E-state index contributed by atoms with van der Waals surface area (Å²) in [6.07, 6.45) is 2.67. The van der Waals surface area contributed by atoms with Crippen LogP contribution in [0.3, 0.4) is 0 Å². The van der Waals surface area contributed by atoms with Gasteiger partial charge in [0.1, 0.15) is 18.1 Å². The maximum absolute atomic E-state index is 13.5. The predicted molar refractivity (Wildman–Crippen MR) is 73.0 cm³/mol. The van der Waals surface area contributed by atoms with Crippen LogP contribution in [0.5, 0.6) is 5.75 Å². The van der Waals surface area contributed by atoms with Gasteiger partial charge in [-0.2, -0.15) is 0 Å². The lowest BCUT2D eigenvalue weighted by molar-refractivity contribution is -0.139. The van der Waals surface area contributed by atoms with Crippen LogP contribution in [0, 0.1) is 12.7 Å². The molecule has 0 aliphatic rings. The molecule has 0 fully saturated rings. The van der Waals surface area contributed by atoms with Gasteiger partial charge in [-0.05, 0) is 30.7 Å². The van der Waals surface area contributed by atoms with E-state index in [9.17, 15) is 9.18 Å². The van der Waals surface area contributed by atoms with E-state index < -0.39 is 11.8 Å². The topological polar surface area (TPSA) is 61.6 Å². The monoisotopic (exact) mass is 291 g/mol. The van der Waals surface area contributed by atoms with Crippen LogP contribution in [-0.2, 0) is 16.1 Å². The third-order valence-corrected chi connectivity index (χ3v) is 2.63. The van der Waals surface area contributed by atoms with Crippen LogP contribution >= 0.6 is 0 Å². The quantitative estimate of drug-likeness (QED) is 0.626. The number of aromatic nitrogens is 1. The average Bonchev–Trinajstić information content (AvgIpc) is 2.89. The second kappa shape index (κ2) is 6.69. The van der Waals surface area contributed by atoms with E-state index in [0.29, 0.717) is 17.0 Å². The van der Waals surface area contributed by atoms with E-state index in [-0.39, 0.29) is 12.4 Å². The summed E-state index contributed by atoms with van der Waals surface area (Å²) in [6.45, 7) is 1.77. The summed E-state index contributed by atoms with van der Waals surface area (Å²) in [5.41, 5.74) is 1.06. The first-order valence-electron chi connectivity index (χ1n) is 6.19. The molecule has 0 N–H and O–H groups in total. The number of carbonyl (C=O) groups is 1. The first-order chi connectivity index (χ1) is 10.1. The van der Waals surface area contributed by atoms with Crippen LogP contribution in [0.1, 0.15) is 17.0 Å². The minimum absolute atomic E-state index is 0.0253. The SMILES string of the molecule is COc1ccc(/C=C/C(=O)OCc2cc(C)on2)cc1F. The van der Waals surface area contributed by atoms with Gasteiger partial charge < -0.3 is 14.0 Å². The van der Waals surface area contributed by atoms with Crippen molar-refractivity contribution in [2.24, 2.45) is 0 Å². The van der Waals surface area contributed by atoms with Crippen LogP contribution in [0.15, 0.2) is 34.9 Å². The van der Waals surface area contributed by atoms with Crippen LogP contribution in [0.25, 0.3) is 6.08 Å². The van der Waals surface area contributed by atoms with Crippen LogP contribution in [-0.4, -0.2) is 18.2 Å². The van der Waals surface area contributed by atoms with Gasteiger partial charge in [-0.25, -0.2) is 9.18 Å². The van der Waals surface area contributed by atoms with Gasteiger partial charge in [0.2, 0.25) is 0 Å². The molecule has 1 aromatic heterocycles. The van der Waals surface area contributed by atoms with Crippen molar-refractivity contribution < 1.29 is 23.2 Å². The number of carbonyl (C=O) groups excluding carboxylic acids is 1. The first kappa shape index (κ1) is 14.8. The Morgan fingerprint density at radius 1 is 1.43 bits per heavy atom. The van der Waals surface area contributed by atoms with Crippen molar-refractivity contribution >= 4 is 12.0 Å². The van der Waals surface area contributed by atoms with E-state index in [1.807, 2.05) is 0 Å². The Morgan fingerprint density at radius 2 is 2.24 bits per heavy atom. The highest BCUT2D eigenvalue weighted by Crippen LogP contribution is 2.18. The van der Waals surface area contributed by atoms with Crippen molar-refractivity contribution in [3.05, 3.63) is 53.2 Å². The molecule has 5 nitrogen and oxygen atoms in total. The molecule has 0 aliphatic carbocycles. The highest BCUT2D eigenvalue weighted by atomic mass is 19.1. The largest absolute Gasteiger partial charge is 0.494 e. The van der Waals surface area contributed by atoms with Crippen molar-refractivity contribution in [3.63, 3.8) is 0 Å². The Balaban J connectivity index is 1.91. The summed E-state index contributed by atoms with van der Waals surface area (Å²) >= 11 is 0. The van der Waals surface area contributed by atoms with Crippen LogP contribution in [0.2, 0.25) is 0 Å². The van der Waals surface area contributed by atoms with Gasteiger partial charge in [-0.15, -0.1) is 0 Å². The summed E-state index contributed by atoms with van der Waals surface area (Å²) in [6, 6.07) is 6.06. The fraction of sp³-hybridized carbons (Fsp3) is 0.200. The lowest BCUT2D eigenvalue weighted by Gasteiger charge is -2.02. The van der Waals surface area contributed by atoms with Gasteiger partial charge in [0.15, 0.2) is 11.6 Å². The fourth-order valence-electron chi connectivity index (χ4n) is 1.63. The second-order valence-electron chi connectivity index (χ2n) is 4.26. The molecule has 0 atom stereocenters. The van der Waals surface area contributed by atoms with Gasteiger partial charge in [0, 0.05) is 12.1 Å². The number of nitrogens with zero attached hydrogens (tertiary/aromatic N) is 1. The van der Waals surface area contributed by atoms with Crippen LogP contribution in [0.4, 0.5) is 4.39 Å². The minimum Gasteiger partial charge on any atom is -0.494 e. The van der Waals surface area contributed by atoms with Crippen molar-refractivity contribution in [1.29, 1.82) is 0 Å². The minimum atomic E-state index is -0.549. The Morgan fingerprint density at radius 3 is 2.86 bits per heavy atom. The molecule has 2 aromatic rings. The molecule has 0 aliphatic heterocycles. The molecule has 0 bridgehead atoms. The average molecular weight is 291 g/mol. The highest BCUT2D eigenvalue weighted by molar-refractivity contribution is 5.87. The van der Waals surface area contributed by atoms with E-state index in [1.54, 1.807) is 19.1 Å². The normalized spacial score (nSPS) is 10.8. The van der Waals surface area contributed by atoms with Gasteiger partial charge in [0.05, 0.1) is 7.11 Å². The number of ether oxygens (including phenoxy) is 2. The van der Waals surface area contributed by atoms with Crippen molar-refractivity contribution in [3.8, 4) is 5.75 Å². The number of benzene rings is 1. The second-order valence-corrected chi connectivity index (χ2v) is 4.26. The zero-order chi connectivity index (χ0) is 15.2. The molecule has 6 heteroatoms. The first-order valence-corrected chi connectivity index (χ1v) is 6.19. The maximum Gasteiger partial charge on any atom is 0.331 e. The predicted octanol–water partition coefficient (Wildman–Crippen LogP) is 2.89. The molecular weight excluding hydrogens is 277 g/mol. The number of halogens is 1. The number of hydrogen-bond donors (Lipinski definition) is 0. The summed E-state index contributed by atoms with van der Waals surface area (Å²) in [4.78, 5) is 11.5. The Bertz CT molecular complexity index is 663. The molecule has 0 spiro atoms. The fourth-order valence-corrected chi connectivity index (χ4v) is 1.63. The molecule has 21 heavy (non-hydrogen) atoms. The van der Waals surface area contributed by atoms with Crippen molar-refractivity contribution in [2.75, 3.05) is 7.11 Å². The number of aryl methyl sites for hydroxylation is 1. The molecule has 110 valence electrons. The Labute approximate surface area is 121 Å². The molecule has 2 rings (SSSR count). The van der Waals surface area contributed by atoms with Gasteiger partial charge in [-0.3, -0.25) is 0 Å². The smallest absolute Gasteiger partial charge is 0.331 e. The summed E-state index contributed by atoms with van der Waals surface area (Å²) in [7, 11) is 1.39. The Kier molecular flexibility index (Phi) is 4.71. The van der Waals surface area contributed by atoms with Crippen LogP contribution < -0.4 is 4.74 Å². The third-order valence-electron chi connectivity index (χ3n) is 2.63. The standard InChI is InChI=1S/C15H14FNO4/c1-10-7-12(17-21-10)9-20-15(18)6-4-11-3-5-14(19-2)13(16)8-11/h3-8H,9H2,1-2H3/b6-4+. The van der Waals surface area contributed by atoms with Gasteiger partial charge in [0.25, 0.3) is 0 Å². The lowest BCUT2D eigenvalue weighted by atomic mass is 10.2. The van der Waals surface area contributed by atoms with Gasteiger partial charge in [-0.1, -0.05) is 11.2 Å². The summed E-state index contributed by atoms with van der Waals surface area (Å²) in [5.74, 6) is -0.251. The van der Waals surface area contributed by atoms with Gasteiger partial charge >= 0.3 is 5.97 Å². The number of hydrogen-bond acceptors (Lipinski definition) is 5. The zero-order valence-electron chi connectivity index (χ0n) is 11.6. The highest BCUT2D eigenvalue weighted by Gasteiger charge is 2.04. The molecule has 1 aromatic carbocycles. The number of methoxy groups -OCH3 is 1. The molecule has 0 radical (unpaired) electrons. The Hall–Kier alpha value is -2.63. The molecule has 0 saturated heterocycles. The van der Waals surface area contributed by atoms with E-state index in [2.05, 4.69) is 5.16 Å². The zero-order valence-corrected chi connectivity index (χ0v) is 11.6. The van der Waals surface area contributed by atoms with Crippen molar-refractivity contribution in [1.82, 2.24) is 5.16 Å². The maximum atomic E-state index is 13.5. The molecule has 0 saturated carbocycles. The third kappa shape index (κ3) is 4.17.